The van der Waals surface area contributed by atoms with Gasteiger partial charge in [0.2, 0.25) is 10.0 Å². The average Bonchev–Trinajstić information content (AvgIpc) is 2.59. The first-order chi connectivity index (χ1) is 11.9. The van der Waals surface area contributed by atoms with Gasteiger partial charge < -0.3 is 5.32 Å². The highest BCUT2D eigenvalue weighted by molar-refractivity contribution is 7.89. The minimum Gasteiger partial charge on any atom is -0.352 e. The zero-order chi connectivity index (χ0) is 18.7. The number of unbranched alkanes of at least 4 members (excludes halogenated alkanes) is 3. The molecule has 0 fully saturated rings. The van der Waals surface area contributed by atoms with Gasteiger partial charge in [0.25, 0.3) is 5.91 Å². The number of rotatable bonds is 11. The highest BCUT2D eigenvalue weighted by Gasteiger charge is 2.15. The van der Waals surface area contributed by atoms with Gasteiger partial charge in [-0.1, -0.05) is 51.5 Å². The molecule has 0 heterocycles. The first-order valence-corrected chi connectivity index (χ1v) is 10.2. The Bertz CT molecular complexity index is 691. The molecule has 0 saturated carbocycles. The van der Waals surface area contributed by atoms with E-state index in [2.05, 4.69) is 29.8 Å². The highest BCUT2D eigenvalue weighted by atomic mass is 32.2. The zero-order valence-electron chi connectivity index (χ0n) is 15.0. The largest absolute Gasteiger partial charge is 0.352 e. The molecule has 0 atom stereocenters. The molecule has 1 aromatic rings. The van der Waals surface area contributed by atoms with E-state index in [1.54, 1.807) is 12.1 Å². The van der Waals surface area contributed by atoms with Crippen LogP contribution in [0.5, 0.6) is 0 Å². The van der Waals surface area contributed by atoms with Gasteiger partial charge in [-0.2, -0.15) is 4.72 Å². The molecule has 0 aliphatic rings. The molecule has 5 nitrogen and oxygen atoms in total. The number of hydrogen-bond donors (Lipinski definition) is 2. The minimum atomic E-state index is -3.69. The normalized spacial score (nSPS) is 11.3. The average molecular weight is 365 g/mol. The van der Waals surface area contributed by atoms with Crippen LogP contribution in [-0.4, -0.2) is 27.4 Å². The summed E-state index contributed by atoms with van der Waals surface area (Å²) in [7, 11) is -3.69. The fourth-order valence-electron chi connectivity index (χ4n) is 2.36. The van der Waals surface area contributed by atoms with Crippen molar-refractivity contribution in [2.24, 2.45) is 5.92 Å². The van der Waals surface area contributed by atoms with Crippen molar-refractivity contribution in [1.82, 2.24) is 10.0 Å². The van der Waals surface area contributed by atoms with E-state index in [0.29, 0.717) is 12.1 Å². The number of sulfonamides is 1. The van der Waals surface area contributed by atoms with Gasteiger partial charge in [-0.05, 0) is 30.5 Å². The van der Waals surface area contributed by atoms with E-state index in [0.717, 1.165) is 18.8 Å². The second-order valence-corrected chi connectivity index (χ2v) is 8.18. The number of hydrogen-bond acceptors (Lipinski definition) is 3. The molecule has 0 unspecified atom stereocenters. The van der Waals surface area contributed by atoms with Gasteiger partial charge in [0.15, 0.2) is 0 Å². The lowest BCUT2D eigenvalue weighted by atomic mass is 10.0. The van der Waals surface area contributed by atoms with Crippen LogP contribution in [0, 0.1) is 18.3 Å². The van der Waals surface area contributed by atoms with Crippen molar-refractivity contribution in [3.05, 3.63) is 29.8 Å². The van der Waals surface area contributed by atoms with Crippen LogP contribution in [0.3, 0.4) is 0 Å². The van der Waals surface area contributed by atoms with Gasteiger partial charge in [0.05, 0.1) is 11.4 Å². The molecule has 1 aromatic carbocycles. The predicted molar refractivity (Wildman–Crippen MR) is 101 cm³/mol. The summed E-state index contributed by atoms with van der Waals surface area (Å²) in [6.07, 6.45) is 10.7. The van der Waals surface area contributed by atoms with Gasteiger partial charge in [-0.15, -0.1) is 6.42 Å². The summed E-state index contributed by atoms with van der Waals surface area (Å²) in [5, 5.41) is 2.83. The first kappa shape index (κ1) is 21.2. The molecule has 0 bridgehead atoms. The monoisotopic (exact) mass is 364 g/mol. The lowest BCUT2D eigenvalue weighted by Gasteiger charge is -2.08. The molecule has 6 heteroatoms. The second-order valence-electron chi connectivity index (χ2n) is 6.41. The summed E-state index contributed by atoms with van der Waals surface area (Å²) in [5.74, 6) is 2.68. The van der Waals surface area contributed by atoms with Crippen LogP contribution >= 0.6 is 0 Å². The standard InChI is InChI=1S/C19H28N2O3S/c1-4-13-21-25(23,24)18-12-9-11-17(15-18)19(22)20-14-8-6-5-7-10-16(2)3/h1,9,11-12,15-16,21H,5-8,10,13-14H2,2-3H3,(H,20,22). The van der Waals surface area contributed by atoms with Crippen LogP contribution < -0.4 is 10.0 Å². The Morgan fingerprint density at radius 3 is 2.60 bits per heavy atom. The van der Waals surface area contributed by atoms with E-state index >= 15 is 0 Å². The molecule has 138 valence electrons. The molecule has 0 aromatic heterocycles. The van der Waals surface area contributed by atoms with E-state index < -0.39 is 10.0 Å². The number of terminal acetylenes is 1. The van der Waals surface area contributed by atoms with Gasteiger partial charge in [0, 0.05) is 12.1 Å². The molecule has 0 saturated heterocycles. The molecular weight excluding hydrogens is 336 g/mol. The van der Waals surface area contributed by atoms with E-state index in [9.17, 15) is 13.2 Å². The quantitative estimate of drug-likeness (QED) is 0.468. The maximum atomic E-state index is 12.2. The topological polar surface area (TPSA) is 75.3 Å². The summed E-state index contributed by atoms with van der Waals surface area (Å²) in [6, 6.07) is 5.94. The van der Waals surface area contributed by atoms with Gasteiger partial charge in [-0.25, -0.2) is 8.42 Å². The third-order valence-electron chi connectivity index (χ3n) is 3.76. The van der Waals surface area contributed by atoms with Crippen molar-refractivity contribution in [3.63, 3.8) is 0 Å². The summed E-state index contributed by atoms with van der Waals surface area (Å²) in [4.78, 5) is 12.2. The summed E-state index contributed by atoms with van der Waals surface area (Å²) >= 11 is 0. The smallest absolute Gasteiger partial charge is 0.251 e. The Kier molecular flexibility index (Phi) is 9.25. The van der Waals surface area contributed by atoms with Gasteiger partial charge in [0.1, 0.15) is 0 Å². The SMILES string of the molecule is C#CCNS(=O)(=O)c1cccc(C(=O)NCCCCCCC(C)C)c1. The molecule has 0 radical (unpaired) electrons. The predicted octanol–water partition coefficient (Wildman–Crippen LogP) is 2.93. The lowest BCUT2D eigenvalue weighted by Crippen LogP contribution is -2.26. The lowest BCUT2D eigenvalue weighted by molar-refractivity contribution is 0.0952. The molecule has 2 N–H and O–H groups in total. The molecule has 0 aliphatic carbocycles. The van der Waals surface area contributed by atoms with Crippen LogP contribution in [0.2, 0.25) is 0 Å². The zero-order valence-corrected chi connectivity index (χ0v) is 15.9. The summed E-state index contributed by atoms with van der Waals surface area (Å²) in [5.41, 5.74) is 0.323. The Morgan fingerprint density at radius 1 is 1.20 bits per heavy atom. The number of nitrogens with one attached hydrogen (secondary N) is 2. The van der Waals surface area contributed by atoms with Crippen molar-refractivity contribution < 1.29 is 13.2 Å². The number of carbonyl (C=O) groups is 1. The number of amides is 1. The van der Waals surface area contributed by atoms with Crippen LogP contribution in [0.25, 0.3) is 0 Å². The molecule has 0 spiro atoms. The van der Waals surface area contributed by atoms with Crippen molar-refractivity contribution in [2.75, 3.05) is 13.1 Å². The van der Waals surface area contributed by atoms with Gasteiger partial charge in [-0.3, -0.25) is 4.79 Å². The van der Waals surface area contributed by atoms with E-state index in [1.807, 2.05) is 0 Å². The summed E-state index contributed by atoms with van der Waals surface area (Å²) < 4.78 is 26.3. The number of carbonyl (C=O) groups excluding carboxylic acids is 1. The van der Waals surface area contributed by atoms with E-state index in [1.165, 1.54) is 31.4 Å². The molecule has 0 aliphatic heterocycles. The molecular formula is C19H28N2O3S. The van der Waals surface area contributed by atoms with Crippen molar-refractivity contribution in [2.45, 2.75) is 50.8 Å². The van der Waals surface area contributed by atoms with Crippen molar-refractivity contribution in [3.8, 4) is 12.3 Å². The first-order valence-electron chi connectivity index (χ1n) is 8.68. The number of benzene rings is 1. The van der Waals surface area contributed by atoms with Gasteiger partial charge >= 0.3 is 0 Å². The molecule has 1 rings (SSSR count). The minimum absolute atomic E-state index is 0.0316. The van der Waals surface area contributed by atoms with Crippen LogP contribution in [-0.2, 0) is 10.0 Å². The molecule has 25 heavy (non-hydrogen) atoms. The van der Waals surface area contributed by atoms with E-state index in [-0.39, 0.29) is 17.3 Å². The maximum Gasteiger partial charge on any atom is 0.251 e. The highest BCUT2D eigenvalue weighted by Crippen LogP contribution is 2.12. The van der Waals surface area contributed by atoms with Crippen molar-refractivity contribution in [1.29, 1.82) is 0 Å². The Balaban J connectivity index is 2.46. The van der Waals surface area contributed by atoms with Crippen LogP contribution in [0.15, 0.2) is 29.2 Å². The fourth-order valence-corrected chi connectivity index (χ4v) is 3.34. The fraction of sp³-hybridized carbons (Fsp3) is 0.526. The maximum absolute atomic E-state index is 12.2. The third kappa shape index (κ3) is 8.19. The Morgan fingerprint density at radius 2 is 1.92 bits per heavy atom. The second kappa shape index (κ2) is 10.9. The summed E-state index contributed by atoms with van der Waals surface area (Å²) in [6.45, 7) is 4.94. The third-order valence-corrected chi connectivity index (χ3v) is 5.16. The van der Waals surface area contributed by atoms with Crippen LogP contribution in [0.1, 0.15) is 56.3 Å². The Labute approximate surface area is 151 Å². The Hall–Kier alpha value is -1.84. The van der Waals surface area contributed by atoms with E-state index in [4.69, 9.17) is 6.42 Å². The van der Waals surface area contributed by atoms with Crippen molar-refractivity contribution >= 4 is 15.9 Å². The van der Waals surface area contributed by atoms with Crippen LogP contribution in [0.4, 0.5) is 0 Å². The molecule has 1 amide bonds.